The molecular formula is C14H18O3. The summed E-state index contributed by atoms with van der Waals surface area (Å²) in [7, 11) is 0. The highest BCUT2D eigenvalue weighted by Gasteiger charge is 2.20. The molecule has 1 aliphatic carbocycles. The molecule has 0 N–H and O–H groups in total. The fourth-order valence-electron chi connectivity index (χ4n) is 2.08. The maximum absolute atomic E-state index is 11.3. The standard InChI is InChI=1S/C14H18O3/c1-2-16-12-6-4-8-14(10-12)17-13-7-3-5-11(15)9-13/h4,6,8,10,13H,2-3,5,7,9H2,1H3. The molecule has 3 nitrogen and oxygen atoms in total. The molecule has 3 heteroatoms. The second-order valence-electron chi connectivity index (χ2n) is 4.28. The molecule has 0 heterocycles. The average molecular weight is 234 g/mol. The van der Waals surface area contributed by atoms with Gasteiger partial charge < -0.3 is 9.47 Å². The van der Waals surface area contributed by atoms with E-state index in [1.54, 1.807) is 0 Å². The van der Waals surface area contributed by atoms with Crippen LogP contribution in [0.3, 0.4) is 0 Å². The van der Waals surface area contributed by atoms with Gasteiger partial charge in [0.05, 0.1) is 6.61 Å². The Morgan fingerprint density at radius 2 is 2.18 bits per heavy atom. The lowest BCUT2D eigenvalue weighted by Gasteiger charge is -2.22. The van der Waals surface area contributed by atoms with Crippen molar-refractivity contribution in [2.75, 3.05) is 6.61 Å². The number of ether oxygens (including phenoxy) is 2. The third-order valence-corrected chi connectivity index (χ3v) is 2.86. The lowest BCUT2D eigenvalue weighted by atomic mass is 9.96. The van der Waals surface area contributed by atoms with Crippen LogP contribution in [-0.2, 0) is 4.79 Å². The molecular weight excluding hydrogens is 216 g/mol. The first-order chi connectivity index (χ1) is 8.28. The summed E-state index contributed by atoms with van der Waals surface area (Å²) in [6.07, 6.45) is 3.19. The van der Waals surface area contributed by atoms with Gasteiger partial charge in [-0.15, -0.1) is 0 Å². The SMILES string of the molecule is CCOc1cccc(OC2CCCC(=O)C2)c1. The number of ketones is 1. The number of rotatable bonds is 4. The van der Waals surface area contributed by atoms with Crippen molar-refractivity contribution < 1.29 is 14.3 Å². The molecule has 92 valence electrons. The van der Waals surface area contributed by atoms with E-state index in [2.05, 4.69) is 0 Å². The molecule has 1 aromatic rings. The van der Waals surface area contributed by atoms with Gasteiger partial charge in [-0.05, 0) is 31.9 Å². The van der Waals surface area contributed by atoms with Gasteiger partial charge in [0, 0.05) is 18.9 Å². The zero-order chi connectivity index (χ0) is 12.1. The van der Waals surface area contributed by atoms with E-state index in [1.165, 1.54) is 0 Å². The minimum absolute atomic E-state index is 0.0353. The Balaban J connectivity index is 1.97. The Bertz CT molecular complexity index is 387. The van der Waals surface area contributed by atoms with E-state index in [-0.39, 0.29) is 6.10 Å². The molecule has 17 heavy (non-hydrogen) atoms. The van der Waals surface area contributed by atoms with Crippen molar-refractivity contribution in [2.24, 2.45) is 0 Å². The van der Waals surface area contributed by atoms with E-state index in [0.717, 1.165) is 24.3 Å². The first-order valence-electron chi connectivity index (χ1n) is 6.19. The summed E-state index contributed by atoms with van der Waals surface area (Å²) >= 11 is 0. The van der Waals surface area contributed by atoms with E-state index in [9.17, 15) is 4.79 Å². The van der Waals surface area contributed by atoms with Gasteiger partial charge in [0.1, 0.15) is 23.4 Å². The van der Waals surface area contributed by atoms with Gasteiger partial charge in [0.15, 0.2) is 0 Å². The summed E-state index contributed by atoms with van der Waals surface area (Å²) in [6.45, 7) is 2.60. The Kier molecular flexibility index (Phi) is 4.02. The number of Topliss-reactive ketones (excluding diaryl/α,β-unsaturated/α-hetero) is 1. The number of carbonyl (C=O) groups is 1. The molecule has 1 unspecified atom stereocenters. The summed E-state index contributed by atoms with van der Waals surface area (Å²) in [5.41, 5.74) is 0. The normalized spacial score (nSPS) is 20.1. The highest BCUT2D eigenvalue weighted by molar-refractivity contribution is 5.79. The Morgan fingerprint density at radius 3 is 2.94 bits per heavy atom. The maximum atomic E-state index is 11.3. The number of hydrogen-bond acceptors (Lipinski definition) is 3. The number of benzene rings is 1. The predicted octanol–water partition coefficient (Wildman–Crippen LogP) is 2.98. The fourth-order valence-corrected chi connectivity index (χ4v) is 2.08. The van der Waals surface area contributed by atoms with Crippen LogP contribution in [0.25, 0.3) is 0 Å². The van der Waals surface area contributed by atoms with E-state index in [1.807, 2.05) is 31.2 Å². The fraction of sp³-hybridized carbons (Fsp3) is 0.500. The zero-order valence-corrected chi connectivity index (χ0v) is 10.1. The van der Waals surface area contributed by atoms with Crippen molar-refractivity contribution in [3.63, 3.8) is 0 Å². The van der Waals surface area contributed by atoms with Crippen LogP contribution in [0.5, 0.6) is 11.5 Å². The monoisotopic (exact) mass is 234 g/mol. The molecule has 0 spiro atoms. The molecule has 1 aromatic carbocycles. The molecule has 0 radical (unpaired) electrons. The van der Waals surface area contributed by atoms with Crippen LogP contribution < -0.4 is 9.47 Å². The van der Waals surface area contributed by atoms with Crippen molar-refractivity contribution in [1.82, 2.24) is 0 Å². The lowest BCUT2D eigenvalue weighted by molar-refractivity contribution is -0.122. The molecule has 0 saturated heterocycles. The molecule has 1 atom stereocenters. The van der Waals surface area contributed by atoms with Crippen molar-refractivity contribution in [1.29, 1.82) is 0 Å². The molecule has 0 aliphatic heterocycles. The average Bonchev–Trinajstić information content (AvgIpc) is 2.30. The highest BCUT2D eigenvalue weighted by Crippen LogP contribution is 2.24. The van der Waals surface area contributed by atoms with Crippen LogP contribution in [0.15, 0.2) is 24.3 Å². The van der Waals surface area contributed by atoms with E-state index < -0.39 is 0 Å². The zero-order valence-electron chi connectivity index (χ0n) is 10.1. The van der Waals surface area contributed by atoms with Gasteiger partial charge in [-0.2, -0.15) is 0 Å². The van der Waals surface area contributed by atoms with Crippen LogP contribution in [-0.4, -0.2) is 18.5 Å². The van der Waals surface area contributed by atoms with Crippen molar-refractivity contribution in [2.45, 2.75) is 38.7 Å². The molecule has 1 fully saturated rings. The highest BCUT2D eigenvalue weighted by atomic mass is 16.5. The minimum atomic E-state index is 0.0353. The summed E-state index contributed by atoms with van der Waals surface area (Å²) < 4.78 is 11.2. The quantitative estimate of drug-likeness (QED) is 0.803. The van der Waals surface area contributed by atoms with Gasteiger partial charge in [0.2, 0.25) is 0 Å². The van der Waals surface area contributed by atoms with Crippen LogP contribution in [0.1, 0.15) is 32.6 Å². The van der Waals surface area contributed by atoms with Crippen LogP contribution in [0.2, 0.25) is 0 Å². The second kappa shape index (κ2) is 5.71. The van der Waals surface area contributed by atoms with Gasteiger partial charge in [-0.1, -0.05) is 6.07 Å². The Morgan fingerprint density at radius 1 is 1.35 bits per heavy atom. The van der Waals surface area contributed by atoms with Crippen molar-refractivity contribution in [3.8, 4) is 11.5 Å². The molecule has 0 amide bonds. The van der Waals surface area contributed by atoms with E-state index in [4.69, 9.17) is 9.47 Å². The lowest BCUT2D eigenvalue weighted by Crippen LogP contribution is -2.25. The van der Waals surface area contributed by atoms with Gasteiger partial charge in [-0.25, -0.2) is 0 Å². The van der Waals surface area contributed by atoms with E-state index >= 15 is 0 Å². The predicted molar refractivity (Wildman–Crippen MR) is 65.5 cm³/mol. The molecule has 1 aliphatic rings. The third kappa shape index (κ3) is 3.48. The summed E-state index contributed by atoms with van der Waals surface area (Å²) in [4.78, 5) is 11.3. The summed E-state index contributed by atoms with van der Waals surface area (Å²) in [6, 6.07) is 7.59. The van der Waals surface area contributed by atoms with Crippen LogP contribution >= 0.6 is 0 Å². The number of carbonyl (C=O) groups excluding carboxylic acids is 1. The molecule has 2 rings (SSSR count). The molecule has 0 bridgehead atoms. The number of hydrogen-bond donors (Lipinski definition) is 0. The maximum Gasteiger partial charge on any atom is 0.136 e. The Hall–Kier alpha value is -1.51. The van der Waals surface area contributed by atoms with E-state index in [0.29, 0.717) is 25.2 Å². The largest absolute Gasteiger partial charge is 0.494 e. The second-order valence-corrected chi connectivity index (χ2v) is 4.28. The van der Waals surface area contributed by atoms with Gasteiger partial charge in [0.25, 0.3) is 0 Å². The van der Waals surface area contributed by atoms with Crippen LogP contribution in [0.4, 0.5) is 0 Å². The summed E-state index contributed by atoms with van der Waals surface area (Å²) in [5.74, 6) is 1.91. The first kappa shape index (κ1) is 12.0. The smallest absolute Gasteiger partial charge is 0.136 e. The van der Waals surface area contributed by atoms with Gasteiger partial charge >= 0.3 is 0 Å². The molecule has 1 saturated carbocycles. The summed E-state index contributed by atoms with van der Waals surface area (Å²) in [5, 5.41) is 0. The Labute approximate surface area is 102 Å². The van der Waals surface area contributed by atoms with Crippen molar-refractivity contribution in [3.05, 3.63) is 24.3 Å². The minimum Gasteiger partial charge on any atom is -0.494 e. The third-order valence-electron chi connectivity index (χ3n) is 2.86. The first-order valence-corrected chi connectivity index (χ1v) is 6.19. The topological polar surface area (TPSA) is 35.5 Å². The van der Waals surface area contributed by atoms with Gasteiger partial charge in [-0.3, -0.25) is 4.79 Å². The van der Waals surface area contributed by atoms with Crippen LogP contribution in [0, 0.1) is 0 Å². The molecule has 0 aromatic heterocycles. The van der Waals surface area contributed by atoms with Crippen molar-refractivity contribution >= 4 is 5.78 Å².